The van der Waals surface area contributed by atoms with Gasteiger partial charge in [-0.15, -0.1) is 0 Å². The van der Waals surface area contributed by atoms with E-state index >= 15 is 0 Å². The number of nitrogens with one attached hydrogen (secondary N) is 2. The van der Waals surface area contributed by atoms with Gasteiger partial charge in [-0.1, -0.05) is 50.2 Å². The number of hydrogen-bond donors (Lipinski definition) is 4. The van der Waals surface area contributed by atoms with Crippen molar-refractivity contribution in [1.82, 2.24) is 24.6 Å². The largest absolute Gasteiger partial charge is 0.391 e. The van der Waals surface area contributed by atoms with Gasteiger partial charge < -0.3 is 20.8 Å². The van der Waals surface area contributed by atoms with Crippen molar-refractivity contribution in [2.24, 2.45) is 0 Å². The minimum Gasteiger partial charge on any atom is -0.391 e. The molecule has 1 unspecified atom stereocenters. The summed E-state index contributed by atoms with van der Waals surface area (Å²) in [5, 5.41) is 31.9. The molecule has 1 saturated carbocycles. The molecule has 5 rings (SSSR count). The van der Waals surface area contributed by atoms with Crippen molar-refractivity contribution >= 4 is 17.5 Å². The van der Waals surface area contributed by atoms with Gasteiger partial charge >= 0.3 is 0 Å². The monoisotopic (exact) mass is 473 g/mol. The molecule has 4 aromatic rings. The first-order chi connectivity index (χ1) is 17.0. The first-order valence-corrected chi connectivity index (χ1v) is 12.1. The number of benzene rings is 1. The van der Waals surface area contributed by atoms with Crippen LogP contribution in [0.1, 0.15) is 50.2 Å². The number of rotatable bonds is 7. The predicted octanol–water partition coefficient (Wildman–Crippen LogP) is 3.61. The highest BCUT2D eigenvalue weighted by atomic mass is 16.3. The molecule has 3 heterocycles. The second-order valence-corrected chi connectivity index (χ2v) is 9.37. The SMILES string of the molecule is CC(C)c1cnn2c(NCc3ccc(-c4ccccc4)nc3)nc(NC3[C@H](O)CCC[C@@H]3O)nc12. The van der Waals surface area contributed by atoms with E-state index in [9.17, 15) is 10.2 Å². The van der Waals surface area contributed by atoms with E-state index in [1.54, 1.807) is 4.52 Å². The number of pyridine rings is 1. The van der Waals surface area contributed by atoms with Gasteiger partial charge in [0.2, 0.25) is 11.9 Å². The van der Waals surface area contributed by atoms with E-state index in [0.29, 0.717) is 36.9 Å². The lowest BCUT2D eigenvalue weighted by molar-refractivity contribution is 0.0258. The Morgan fingerprint density at radius 2 is 1.77 bits per heavy atom. The molecule has 1 aliphatic carbocycles. The van der Waals surface area contributed by atoms with Gasteiger partial charge in [-0.3, -0.25) is 4.98 Å². The molecule has 3 atom stereocenters. The number of aliphatic hydroxyl groups excluding tert-OH is 2. The van der Waals surface area contributed by atoms with Gasteiger partial charge in [0.15, 0.2) is 5.65 Å². The summed E-state index contributed by atoms with van der Waals surface area (Å²) in [6.07, 6.45) is 4.42. The standard InChI is InChI=1S/C26H31N7O2/c1-16(2)19-15-29-33-24(19)31-25(30-23-21(34)9-6-10-22(23)35)32-26(33)28-14-17-11-12-20(27-13-17)18-7-4-3-5-8-18/h3-5,7-8,11-13,15-16,21-23,34-35H,6,9-10,14H2,1-2H3,(H2,28,30,31,32)/t21-,22+,23?. The van der Waals surface area contributed by atoms with Crippen molar-refractivity contribution in [2.75, 3.05) is 10.6 Å². The van der Waals surface area contributed by atoms with Gasteiger partial charge in [-0.05, 0) is 36.8 Å². The van der Waals surface area contributed by atoms with E-state index in [1.165, 1.54) is 0 Å². The smallest absolute Gasteiger partial charge is 0.229 e. The molecule has 0 aliphatic heterocycles. The lowest BCUT2D eigenvalue weighted by Crippen LogP contribution is -2.47. The van der Waals surface area contributed by atoms with Crippen molar-refractivity contribution in [3.8, 4) is 11.3 Å². The Morgan fingerprint density at radius 3 is 2.46 bits per heavy atom. The van der Waals surface area contributed by atoms with Crippen LogP contribution in [0.3, 0.4) is 0 Å². The molecular formula is C26H31N7O2. The molecule has 0 saturated heterocycles. The van der Waals surface area contributed by atoms with Crippen LogP contribution >= 0.6 is 0 Å². The Bertz CT molecular complexity index is 1260. The summed E-state index contributed by atoms with van der Waals surface area (Å²) < 4.78 is 1.69. The van der Waals surface area contributed by atoms with Crippen LogP contribution in [0.25, 0.3) is 16.9 Å². The van der Waals surface area contributed by atoms with Crippen LogP contribution in [0.4, 0.5) is 11.9 Å². The molecule has 0 radical (unpaired) electrons. The Kier molecular flexibility index (Phi) is 6.61. The minimum absolute atomic E-state index is 0.226. The average Bonchev–Trinajstić information content (AvgIpc) is 3.30. The van der Waals surface area contributed by atoms with Crippen molar-refractivity contribution in [1.29, 1.82) is 0 Å². The molecule has 3 aromatic heterocycles. The maximum absolute atomic E-state index is 10.4. The summed E-state index contributed by atoms with van der Waals surface area (Å²) in [5.74, 6) is 1.10. The maximum Gasteiger partial charge on any atom is 0.229 e. The van der Waals surface area contributed by atoms with Crippen LogP contribution in [-0.2, 0) is 6.54 Å². The van der Waals surface area contributed by atoms with Gasteiger partial charge in [0, 0.05) is 23.9 Å². The van der Waals surface area contributed by atoms with Gasteiger partial charge in [0.1, 0.15) is 0 Å². The normalized spacial score (nSPS) is 20.3. The third-order valence-electron chi connectivity index (χ3n) is 6.49. The topological polar surface area (TPSA) is 120 Å². The highest BCUT2D eigenvalue weighted by molar-refractivity contribution is 5.59. The van der Waals surface area contributed by atoms with E-state index in [2.05, 4.69) is 44.5 Å². The third kappa shape index (κ3) is 4.96. The molecule has 0 bridgehead atoms. The number of nitrogens with zero attached hydrogens (tertiary/aromatic N) is 5. The molecule has 4 N–H and O–H groups in total. The number of aliphatic hydroxyl groups is 2. The van der Waals surface area contributed by atoms with Crippen LogP contribution < -0.4 is 10.6 Å². The summed E-state index contributed by atoms with van der Waals surface area (Å²) in [6.45, 7) is 4.68. The van der Waals surface area contributed by atoms with E-state index in [0.717, 1.165) is 28.8 Å². The quantitative estimate of drug-likeness (QED) is 0.321. The Morgan fingerprint density at radius 1 is 1.00 bits per heavy atom. The van der Waals surface area contributed by atoms with Crippen molar-refractivity contribution in [3.05, 3.63) is 66.0 Å². The average molecular weight is 474 g/mol. The molecule has 0 amide bonds. The molecular weight excluding hydrogens is 442 g/mol. The highest BCUT2D eigenvalue weighted by Crippen LogP contribution is 2.25. The number of hydrogen-bond acceptors (Lipinski definition) is 8. The molecule has 1 fully saturated rings. The van der Waals surface area contributed by atoms with Crippen LogP contribution in [-0.4, -0.2) is 53.0 Å². The fraction of sp³-hybridized carbons (Fsp3) is 0.385. The predicted molar refractivity (Wildman–Crippen MR) is 135 cm³/mol. The van der Waals surface area contributed by atoms with E-state index in [1.807, 2.05) is 54.9 Å². The van der Waals surface area contributed by atoms with E-state index in [-0.39, 0.29) is 5.92 Å². The Balaban J connectivity index is 1.40. The zero-order valence-corrected chi connectivity index (χ0v) is 20.0. The zero-order valence-electron chi connectivity index (χ0n) is 20.0. The van der Waals surface area contributed by atoms with Crippen molar-refractivity contribution in [2.45, 2.75) is 63.8 Å². The molecule has 0 spiro atoms. The Hall–Kier alpha value is -3.56. The Labute approximate surface area is 204 Å². The number of anilines is 2. The highest BCUT2D eigenvalue weighted by Gasteiger charge is 2.31. The third-order valence-corrected chi connectivity index (χ3v) is 6.49. The molecule has 35 heavy (non-hydrogen) atoms. The van der Waals surface area contributed by atoms with Crippen LogP contribution in [0.15, 0.2) is 54.9 Å². The van der Waals surface area contributed by atoms with Gasteiger partial charge in [-0.25, -0.2) is 0 Å². The summed E-state index contributed by atoms with van der Waals surface area (Å²) >= 11 is 0. The summed E-state index contributed by atoms with van der Waals surface area (Å²) in [5.41, 5.74) is 4.68. The molecule has 1 aliphatic rings. The van der Waals surface area contributed by atoms with E-state index < -0.39 is 18.2 Å². The van der Waals surface area contributed by atoms with Crippen LogP contribution in [0, 0.1) is 0 Å². The second kappa shape index (κ2) is 9.97. The molecule has 182 valence electrons. The van der Waals surface area contributed by atoms with Gasteiger partial charge in [0.25, 0.3) is 0 Å². The molecule has 9 nitrogen and oxygen atoms in total. The fourth-order valence-corrected chi connectivity index (χ4v) is 4.46. The minimum atomic E-state index is -0.654. The first kappa shape index (κ1) is 23.2. The lowest BCUT2D eigenvalue weighted by Gasteiger charge is -2.32. The van der Waals surface area contributed by atoms with Crippen molar-refractivity contribution in [3.63, 3.8) is 0 Å². The molecule has 1 aromatic carbocycles. The van der Waals surface area contributed by atoms with Gasteiger partial charge in [0.05, 0.1) is 30.1 Å². The number of fused-ring (bicyclic) bond motifs is 1. The van der Waals surface area contributed by atoms with Gasteiger partial charge in [-0.2, -0.15) is 19.6 Å². The summed E-state index contributed by atoms with van der Waals surface area (Å²) in [7, 11) is 0. The van der Waals surface area contributed by atoms with Crippen molar-refractivity contribution < 1.29 is 10.2 Å². The summed E-state index contributed by atoms with van der Waals surface area (Å²) in [6, 6.07) is 13.6. The maximum atomic E-state index is 10.4. The first-order valence-electron chi connectivity index (χ1n) is 12.1. The fourth-order valence-electron chi connectivity index (χ4n) is 4.46. The van der Waals surface area contributed by atoms with Crippen LogP contribution in [0.5, 0.6) is 0 Å². The number of aromatic nitrogens is 5. The zero-order chi connectivity index (χ0) is 24.4. The molecule has 9 heteroatoms. The summed E-state index contributed by atoms with van der Waals surface area (Å²) in [4.78, 5) is 13.9. The second-order valence-electron chi connectivity index (χ2n) is 9.37. The van der Waals surface area contributed by atoms with Crippen LogP contribution in [0.2, 0.25) is 0 Å². The van der Waals surface area contributed by atoms with E-state index in [4.69, 9.17) is 0 Å². The lowest BCUT2D eigenvalue weighted by atomic mass is 9.90.